The van der Waals surface area contributed by atoms with Crippen molar-refractivity contribution in [1.29, 1.82) is 0 Å². The van der Waals surface area contributed by atoms with Gasteiger partial charge in [-0.2, -0.15) is 0 Å². The first kappa shape index (κ1) is 14.2. The third-order valence-corrected chi connectivity index (χ3v) is 3.04. The molecule has 2 N–H and O–H groups in total. The molecule has 0 bridgehead atoms. The van der Waals surface area contributed by atoms with E-state index in [0.29, 0.717) is 5.92 Å². The molecule has 0 aromatic heterocycles. The molecule has 17 heavy (non-hydrogen) atoms. The number of hydrogen-bond donors (Lipinski definition) is 1. The molecule has 0 saturated carbocycles. The van der Waals surface area contributed by atoms with Crippen LogP contribution in [0.2, 0.25) is 0 Å². The standard InChI is InChI=1S/C15H25NO/c1-11(2)9-10-17-13(4)15(16)14-7-5-12(3)6-8-14/h5-8,11,13,15H,9-10,16H2,1-4H3. The van der Waals surface area contributed by atoms with Crippen molar-refractivity contribution in [3.05, 3.63) is 35.4 Å². The van der Waals surface area contributed by atoms with Gasteiger partial charge in [-0.3, -0.25) is 0 Å². The second kappa shape index (κ2) is 6.77. The summed E-state index contributed by atoms with van der Waals surface area (Å²) in [6.07, 6.45) is 1.15. The van der Waals surface area contributed by atoms with Gasteiger partial charge in [-0.25, -0.2) is 0 Å². The molecule has 96 valence electrons. The van der Waals surface area contributed by atoms with Crippen LogP contribution in [0.1, 0.15) is 44.4 Å². The molecule has 0 aliphatic carbocycles. The van der Waals surface area contributed by atoms with E-state index >= 15 is 0 Å². The lowest BCUT2D eigenvalue weighted by atomic mass is 10.0. The van der Waals surface area contributed by atoms with Gasteiger partial charge in [0, 0.05) is 6.61 Å². The highest BCUT2D eigenvalue weighted by atomic mass is 16.5. The zero-order valence-corrected chi connectivity index (χ0v) is 11.4. The summed E-state index contributed by atoms with van der Waals surface area (Å²) in [6, 6.07) is 8.32. The van der Waals surface area contributed by atoms with Crippen LogP contribution in [0, 0.1) is 12.8 Å². The molecule has 2 nitrogen and oxygen atoms in total. The molecule has 2 atom stereocenters. The van der Waals surface area contributed by atoms with Gasteiger partial charge >= 0.3 is 0 Å². The quantitative estimate of drug-likeness (QED) is 0.819. The Bertz CT molecular complexity index is 318. The molecule has 1 aromatic rings. The smallest absolute Gasteiger partial charge is 0.0739 e. The van der Waals surface area contributed by atoms with Gasteiger partial charge in [-0.05, 0) is 31.7 Å². The van der Waals surface area contributed by atoms with Crippen LogP contribution >= 0.6 is 0 Å². The zero-order valence-electron chi connectivity index (χ0n) is 11.4. The molecule has 0 saturated heterocycles. The average molecular weight is 235 g/mol. The van der Waals surface area contributed by atoms with E-state index in [1.807, 2.05) is 6.92 Å². The summed E-state index contributed by atoms with van der Waals surface area (Å²) in [4.78, 5) is 0. The van der Waals surface area contributed by atoms with Gasteiger partial charge in [0.2, 0.25) is 0 Å². The number of aryl methyl sites for hydroxylation is 1. The molecule has 2 heteroatoms. The fourth-order valence-corrected chi connectivity index (χ4v) is 1.65. The fourth-order valence-electron chi connectivity index (χ4n) is 1.65. The predicted octanol–water partition coefficient (Wildman–Crippen LogP) is 3.45. The van der Waals surface area contributed by atoms with Crippen molar-refractivity contribution < 1.29 is 4.74 Å². The molecule has 0 amide bonds. The summed E-state index contributed by atoms with van der Waals surface area (Å²) >= 11 is 0. The van der Waals surface area contributed by atoms with Crippen molar-refractivity contribution in [3.8, 4) is 0 Å². The van der Waals surface area contributed by atoms with Crippen LogP contribution in [-0.4, -0.2) is 12.7 Å². The van der Waals surface area contributed by atoms with Crippen molar-refractivity contribution in [2.45, 2.75) is 46.3 Å². The second-order valence-electron chi connectivity index (χ2n) is 5.19. The molecule has 0 aliphatic heterocycles. The average Bonchev–Trinajstić information content (AvgIpc) is 2.28. The molecule has 0 radical (unpaired) electrons. The zero-order chi connectivity index (χ0) is 12.8. The van der Waals surface area contributed by atoms with Gasteiger partial charge in [0.1, 0.15) is 0 Å². The Labute approximate surface area is 105 Å². The van der Waals surface area contributed by atoms with E-state index in [0.717, 1.165) is 18.6 Å². The maximum Gasteiger partial charge on any atom is 0.0739 e. The van der Waals surface area contributed by atoms with Crippen molar-refractivity contribution in [2.75, 3.05) is 6.61 Å². The molecule has 0 aliphatic rings. The van der Waals surface area contributed by atoms with Gasteiger partial charge < -0.3 is 10.5 Å². The summed E-state index contributed by atoms with van der Waals surface area (Å²) < 4.78 is 5.77. The number of rotatable bonds is 6. The summed E-state index contributed by atoms with van der Waals surface area (Å²) in [6.45, 7) is 9.32. The predicted molar refractivity (Wildman–Crippen MR) is 73.0 cm³/mol. The minimum absolute atomic E-state index is 0.0391. The second-order valence-corrected chi connectivity index (χ2v) is 5.19. The minimum atomic E-state index is -0.0391. The molecular formula is C15H25NO. The molecule has 0 spiro atoms. The maximum atomic E-state index is 6.18. The van der Waals surface area contributed by atoms with Crippen LogP contribution < -0.4 is 5.73 Å². The highest BCUT2D eigenvalue weighted by Crippen LogP contribution is 2.17. The molecule has 1 aromatic carbocycles. The van der Waals surface area contributed by atoms with Crippen LogP contribution in [0.5, 0.6) is 0 Å². The molecule has 0 fully saturated rings. The maximum absolute atomic E-state index is 6.18. The van der Waals surface area contributed by atoms with Crippen LogP contribution in [0.15, 0.2) is 24.3 Å². The molecule has 0 heterocycles. The van der Waals surface area contributed by atoms with Gasteiger partial charge in [0.05, 0.1) is 12.1 Å². The summed E-state index contributed by atoms with van der Waals surface area (Å²) in [5, 5.41) is 0. The lowest BCUT2D eigenvalue weighted by Gasteiger charge is -2.21. The number of ether oxygens (including phenoxy) is 1. The molecule has 1 rings (SSSR count). The van der Waals surface area contributed by atoms with Crippen molar-refractivity contribution >= 4 is 0 Å². The highest BCUT2D eigenvalue weighted by molar-refractivity contribution is 5.24. The number of nitrogens with two attached hydrogens (primary N) is 1. The van der Waals surface area contributed by atoms with Crippen LogP contribution in [0.25, 0.3) is 0 Å². The highest BCUT2D eigenvalue weighted by Gasteiger charge is 2.15. The normalized spacial score (nSPS) is 14.9. The van der Waals surface area contributed by atoms with E-state index in [2.05, 4.69) is 45.0 Å². The van der Waals surface area contributed by atoms with Crippen molar-refractivity contribution in [1.82, 2.24) is 0 Å². The summed E-state index contributed by atoms with van der Waals surface area (Å²) in [5.41, 5.74) is 8.59. The Morgan fingerprint density at radius 3 is 2.24 bits per heavy atom. The fraction of sp³-hybridized carbons (Fsp3) is 0.600. The first-order chi connectivity index (χ1) is 8.00. The van der Waals surface area contributed by atoms with Gasteiger partial charge in [0.15, 0.2) is 0 Å². The van der Waals surface area contributed by atoms with E-state index in [9.17, 15) is 0 Å². The Balaban J connectivity index is 2.45. The van der Waals surface area contributed by atoms with E-state index in [1.54, 1.807) is 0 Å². The first-order valence-corrected chi connectivity index (χ1v) is 6.44. The Hall–Kier alpha value is -0.860. The largest absolute Gasteiger partial charge is 0.377 e. The SMILES string of the molecule is Cc1ccc(C(N)C(C)OCCC(C)C)cc1. The van der Waals surface area contributed by atoms with Crippen LogP contribution in [0.3, 0.4) is 0 Å². The Kier molecular flexibility index (Phi) is 5.66. The lowest BCUT2D eigenvalue weighted by molar-refractivity contribution is 0.0416. The summed E-state index contributed by atoms with van der Waals surface area (Å²) in [5.74, 6) is 0.679. The van der Waals surface area contributed by atoms with Gasteiger partial charge in [-0.1, -0.05) is 43.7 Å². The van der Waals surface area contributed by atoms with E-state index in [1.165, 1.54) is 5.56 Å². The van der Waals surface area contributed by atoms with Crippen LogP contribution in [0.4, 0.5) is 0 Å². The summed E-state index contributed by atoms with van der Waals surface area (Å²) in [7, 11) is 0. The topological polar surface area (TPSA) is 35.2 Å². The third-order valence-electron chi connectivity index (χ3n) is 3.04. The van der Waals surface area contributed by atoms with Crippen molar-refractivity contribution in [3.63, 3.8) is 0 Å². The third kappa shape index (κ3) is 4.88. The monoisotopic (exact) mass is 235 g/mol. The van der Waals surface area contributed by atoms with E-state index in [-0.39, 0.29) is 12.1 Å². The molecular weight excluding hydrogens is 210 g/mol. The Morgan fingerprint density at radius 1 is 1.12 bits per heavy atom. The van der Waals surface area contributed by atoms with Crippen LogP contribution in [-0.2, 0) is 4.74 Å². The number of benzene rings is 1. The van der Waals surface area contributed by atoms with Crippen molar-refractivity contribution in [2.24, 2.45) is 11.7 Å². The number of hydrogen-bond acceptors (Lipinski definition) is 2. The minimum Gasteiger partial charge on any atom is -0.377 e. The van der Waals surface area contributed by atoms with E-state index < -0.39 is 0 Å². The van der Waals surface area contributed by atoms with Gasteiger partial charge in [0.25, 0.3) is 0 Å². The molecule has 2 unspecified atom stereocenters. The Morgan fingerprint density at radius 2 is 1.71 bits per heavy atom. The first-order valence-electron chi connectivity index (χ1n) is 6.44. The lowest BCUT2D eigenvalue weighted by Crippen LogP contribution is -2.26. The van der Waals surface area contributed by atoms with E-state index in [4.69, 9.17) is 10.5 Å². The van der Waals surface area contributed by atoms with Gasteiger partial charge in [-0.15, -0.1) is 0 Å².